The Balaban J connectivity index is 1.07. The molecule has 1 amide bonds. The third kappa shape index (κ3) is 5.94. The number of benzene rings is 5. The summed E-state index contributed by atoms with van der Waals surface area (Å²) in [4.78, 5) is 18.1. The first-order chi connectivity index (χ1) is 24.3. The number of nitrogens with zero attached hydrogens (tertiary/aromatic N) is 1. The quantitative estimate of drug-likeness (QED) is 0.173. The van der Waals surface area contributed by atoms with Crippen molar-refractivity contribution in [2.24, 2.45) is 0 Å². The zero-order valence-electron chi connectivity index (χ0n) is 28.9. The molecule has 0 aromatic heterocycles. The summed E-state index contributed by atoms with van der Waals surface area (Å²) in [6.07, 6.45) is 3.77. The molecule has 0 spiro atoms. The molecule has 5 aromatic carbocycles. The fourth-order valence-corrected chi connectivity index (χ4v) is 13.1. The van der Waals surface area contributed by atoms with Gasteiger partial charge in [0.2, 0.25) is 0 Å². The molecule has 2 N–H and O–H groups in total. The van der Waals surface area contributed by atoms with Gasteiger partial charge in [-0.2, -0.15) is 0 Å². The standard InChI is InChI=1S/C42H43N3O3SSi/c1-42(2,3)50(33-14-6-4-7-15-33,34-16-8-5-9-17-34)48-32-20-18-29(19-21-32)28-47-41(46)45-37-24-30-12-10-22-43-35(30)26-39(37)49-40-27-36-31(25-38(40)45)13-11-23-44-36/h4-9,14-21,24-27,43-44H,10-13,22-23,28H2,1-3H3. The van der Waals surface area contributed by atoms with Crippen molar-refractivity contribution in [3.63, 3.8) is 0 Å². The van der Waals surface area contributed by atoms with Gasteiger partial charge in [-0.1, -0.05) is 105 Å². The van der Waals surface area contributed by atoms with E-state index in [0.29, 0.717) is 0 Å². The lowest BCUT2D eigenvalue weighted by atomic mass is 10.0. The number of fused-ring (bicyclic) bond motifs is 4. The van der Waals surface area contributed by atoms with Crippen LogP contribution in [0.3, 0.4) is 0 Å². The highest BCUT2D eigenvalue weighted by atomic mass is 32.2. The predicted molar refractivity (Wildman–Crippen MR) is 208 cm³/mol. The molecule has 3 aliphatic heterocycles. The summed E-state index contributed by atoms with van der Waals surface area (Å²) in [6.45, 7) is 8.94. The van der Waals surface area contributed by atoms with Crippen molar-refractivity contribution in [1.82, 2.24) is 0 Å². The van der Waals surface area contributed by atoms with E-state index in [1.807, 2.05) is 24.3 Å². The normalized spacial score (nSPS) is 15.0. The van der Waals surface area contributed by atoms with E-state index in [-0.39, 0.29) is 17.7 Å². The summed E-state index contributed by atoms with van der Waals surface area (Å²) in [5.74, 6) is 0.807. The summed E-state index contributed by atoms with van der Waals surface area (Å²) in [6, 6.07) is 38.1. The third-order valence-corrected chi connectivity index (χ3v) is 16.1. The maximum Gasteiger partial charge on any atom is 0.419 e. The summed E-state index contributed by atoms with van der Waals surface area (Å²) < 4.78 is 13.3. The molecule has 0 unspecified atom stereocenters. The Kier molecular flexibility index (Phi) is 8.61. The summed E-state index contributed by atoms with van der Waals surface area (Å²) in [5, 5.41) is 9.42. The molecule has 8 heteroatoms. The molecule has 0 aliphatic carbocycles. The minimum atomic E-state index is -2.76. The monoisotopic (exact) mass is 697 g/mol. The molecular formula is C42H43N3O3SSi. The number of ether oxygens (including phenoxy) is 1. The van der Waals surface area contributed by atoms with E-state index in [0.717, 1.165) is 82.6 Å². The van der Waals surface area contributed by atoms with Gasteiger partial charge in [-0.25, -0.2) is 9.69 Å². The summed E-state index contributed by atoms with van der Waals surface area (Å²) in [7, 11) is -2.76. The lowest BCUT2D eigenvalue weighted by Gasteiger charge is -2.43. The minimum absolute atomic E-state index is 0.145. The maximum atomic E-state index is 14.2. The first-order valence-electron chi connectivity index (χ1n) is 17.7. The highest BCUT2D eigenvalue weighted by Gasteiger charge is 2.52. The van der Waals surface area contributed by atoms with E-state index in [4.69, 9.17) is 9.16 Å². The van der Waals surface area contributed by atoms with Gasteiger partial charge in [-0.05, 0) is 94.2 Å². The van der Waals surface area contributed by atoms with Gasteiger partial charge in [0.1, 0.15) is 12.4 Å². The maximum absolute atomic E-state index is 14.2. The molecule has 5 aromatic rings. The summed E-state index contributed by atoms with van der Waals surface area (Å²) in [5.41, 5.74) is 7.51. The van der Waals surface area contributed by atoms with Crippen LogP contribution in [0.2, 0.25) is 5.04 Å². The molecule has 0 atom stereocenters. The van der Waals surface area contributed by atoms with Gasteiger partial charge >= 0.3 is 14.4 Å². The molecule has 254 valence electrons. The van der Waals surface area contributed by atoms with Crippen molar-refractivity contribution in [3.05, 3.63) is 126 Å². The van der Waals surface area contributed by atoms with Crippen LogP contribution in [-0.2, 0) is 24.2 Å². The van der Waals surface area contributed by atoms with E-state index in [9.17, 15) is 4.79 Å². The second kappa shape index (κ2) is 13.2. The number of carbonyl (C=O) groups excluding carboxylic acids is 1. The van der Waals surface area contributed by atoms with Gasteiger partial charge in [-0.3, -0.25) is 0 Å². The van der Waals surface area contributed by atoms with Crippen LogP contribution in [0.4, 0.5) is 27.5 Å². The fraction of sp³-hybridized carbons (Fsp3) is 0.262. The molecular weight excluding hydrogens is 655 g/mol. The van der Waals surface area contributed by atoms with Crippen molar-refractivity contribution in [3.8, 4) is 5.75 Å². The Morgan fingerprint density at radius 3 is 1.76 bits per heavy atom. The number of anilines is 4. The molecule has 0 fully saturated rings. The molecule has 50 heavy (non-hydrogen) atoms. The van der Waals surface area contributed by atoms with Crippen molar-refractivity contribution < 1.29 is 14.0 Å². The highest BCUT2D eigenvalue weighted by molar-refractivity contribution is 7.99. The zero-order chi connectivity index (χ0) is 34.3. The Morgan fingerprint density at radius 2 is 1.26 bits per heavy atom. The lowest BCUT2D eigenvalue weighted by molar-refractivity contribution is 0.149. The van der Waals surface area contributed by atoms with Crippen molar-refractivity contribution in [2.45, 2.75) is 67.9 Å². The van der Waals surface area contributed by atoms with Gasteiger partial charge in [0.05, 0.1) is 11.4 Å². The van der Waals surface area contributed by atoms with Gasteiger partial charge in [0.15, 0.2) is 0 Å². The fourth-order valence-electron chi connectivity index (χ4n) is 7.62. The van der Waals surface area contributed by atoms with Crippen LogP contribution in [0.25, 0.3) is 0 Å². The van der Waals surface area contributed by atoms with Gasteiger partial charge < -0.3 is 19.8 Å². The predicted octanol–water partition coefficient (Wildman–Crippen LogP) is 9.28. The van der Waals surface area contributed by atoms with Crippen LogP contribution in [0.1, 0.15) is 50.3 Å². The smallest absolute Gasteiger partial charge is 0.419 e. The molecule has 3 heterocycles. The van der Waals surface area contributed by atoms with Crippen LogP contribution < -0.4 is 30.3 Å². The topological polar surface area (TPSA) is 62.8 Å². The first-order valence-corrected chi connectivity index (χ1v) is 20.4. The number of nitrogens with one attached hydrogen (secondary N) is 2. The van der Waals surface area contributed by atoms with E-state index in [1.165, 1.54) is 21.5 Å². The van der Waals surface area contributed by atoms with Crippen molar-refractivity contribution in [2.75, 3.05) is 28.6 Å². The van der Waals surface area contributed by atoms with Crippen LogP contribution in [0.15, 0.2) is 119 Å². The molecule has 0 saturated heterocycles. The zero-order valence-corrected chi connectivity index (χ0v) is 30.7. The molecule has 8 rings (SSSR count). The molecule has 0 saturated carbocycles. The minimum Gasteiger partial charge on any atom is -0.534 e. The third-order valence-electron chi connectivity index (χ3n) is 10.1. The number of hydrogen-bond donors (Lipinski definition) is 2. The highest BCUT2D eigenvalue weighted by Crippen LogP contribution is 2.52. The van der Waals surface area contributed by atoms with Gasteiger partial charge in [-0.15, -0.1) is 0 Å². The van der Waals surface area contributed by atoms with E-state index < -0.39 is 8.32 Å². The average molecular weight is 698 g/mol. The van der Waals surface area contributed by atoms with E-state index >= 15 is 0 Å². The van der Waals surface area contributed by atoms with Crippen LogP contribution in [0, 0.1) is 0 Å². The molecule has 3 aliphatic rings. The van der Waals surface area contributed by atoms with Crippen molar-refractivity contribution in [1.29, 1.82) is 0 Å². The number of carbonyl (C=O) groups is 1. The van der Waals surface area contributed by atoms with Crippen LogP contribution in [-0.4, -0.2) is 27.5 Å². The van der Waals surface area contributed by atoms with Crippen LogP contribution >= 0.6 is 11.8 Å². The number of aryl methyl sites for hydroxylation is 2. The first kappa shape index (κ1) is 32.5. The Labute approximate surface area is 300 Å². The van der Waals surface area contributed by atoms with E-state index in [1.54, 1.807) is 16.7 Å². The average Bonchev–Trinajstić information content (AvgIpc) is 3.14. The van der Waals surface area contributed by atoms with Gasteiger partial charge in [0.25, 0.3) is 0 Å². The van der Waals surface area contributed by atoms with Crippen molar-refractivity contribution >= 4 is 59.3 Å². The number of amides is 1. The number of rotatable bonds is 6. The number of hydrogen-bond acceptors (Lipinski definition) is 6. The van der Waals surface area contributed by atoms with Crippen LogP contribution in [0.5, 0.6) is 5.75 Å². The largest absolute Gasteiger partial charge is 0.534 e. The summed E-state index contributed by atoms with van der Waals surface area (Å²) >= 11 is 1.73. The second-order valence-corrected chi connectivity index (χ2v) is 19.7. The Morgan fingerprint density at radius 1 is 0.740 bits per heavy atom. The molecule has 6 nitrogen and oxygen atoms in total. The lowest BCUT2D eigenvalue weighted by Crippen LogP contribution is -2.68. The van der Waals surface area contributed by atoms with E-state index in [2.05, 4.69) is 116 Å². The molecule has 0 radical (unpaired) electrons. The Bertz CT molecular complexity index is 1930. The Hall–Kier alpha value is -4.66. The van der Waals surface area contributed by atoms with Gasteiger partial charge in [0, 0.05) is 34.3 Å². The second-order valence-electron chi connectivity index (χ2n) is 14.4. The SMILES string of the molecule is CC(C)(C)[Si](Oc1ccc(COC(=O)N2c3cc4c(cc3Sc3cc5c(cc32)CCCN5)NCCC4)cc1)(c1ccccc1)c1ccccc1. The molecule has 0 bridgehead atoms.